The highest BCUT2D eigenvalue weighted by Gasteiger charge is 2.21. The van der Waals surface area contributed by atoms with Crippen molar-refractivity contribution in [3.8, 4) is 0 Å². The molecule has 0 radical (unpaired) electrons. The summed E-state index contributed by atoms with van der Waals surface area (Å²) in [6.45, 7) is 4.12. The fourth-order valence-electron chi connectivity index (χ4n) is 3.85. The van der Waals surface area contributed by atoms with Crippen molar-refractivity contribution in [3.63, 3.8) is 0 Å². The van der Waals surface area contributed by atoms with E-state index in [-0.39, 0.29) is 16.8 Å². The molecule has 9 nitrogen and oxygen atoms in total. The van der Waals surface area contributed by atoms with Crippen LogP contribution in [0.4, 0.5) is 4.79 Å². The molecule has 178 valence electrons. The lowest BCUT2D eigenvalue weighted by Gasteiger charge is -2.22. The molecule has 2 aromatic rings. The van der Waals surface area contributed by atoms with Crippen molar-refractivity contribution < 1.29 is 18.0 Å². The highest BCUT2D eigenvalue weighted by molar-refractivity contribution is 7.90. The fourth-order valence-corrected chi connectivity index (χ4v) is 4.76. The largest absolute Gasteiger partial charge is 0.350 e. The van der Waals surface area contributed by atoms with Gasteiger partial charge in [-0.15, -0.1) is 0 Å². The van der Waals surface area contributed by atoms with Crippen molar-refractivity contribution in [2.45, 2.75) is 69.7 Å². The van der Waals surface area contributed by atoms with Crippen LogP contribution in [0.3, 0.4) is 0 Å². The molecule has 1 aromatic heterocycles. The van der Waals surface area contributed by atoms with E-state index in [1.165, 1.54) is 12.1 Å². The van der Waals surface area contributed by atoms with E-state index in [0.717, 1.165) is 43.4 Å². The minimum absolute atomic E-state index is 0.0107. The van der Waals surface area contributed by atoms with Crippen molar-refractivity contribution in [3.05, 3.63) is 53.1 Å². The lowest BCUT2D eigenvalue weighted by atomic mass is 9.96. The zero-order chi connectivity index (χ0) is 23.8. The van der Waals surface area contributed by atoms with Gasteiger partial charge in [-0.2, -0.15) is 0 Å². The Bertz CT molecular complexity index is 1080. The second-order valence-corrected chi connectivity index (χ2v) is 9.91. The van der Waals surface area contributed by atoms with Gasteiger partial charge in [0, 0.05) is 18.8 Å². The van der Waals surface area contributed by atoms with E-state index in [0.29, 0.717) is 30.8 Å². The Morgan fingerprint density at radius 2 is 1.79 bits per heavy atom. The van der Waals surface area contributed by atoms with Gasteiger partial charge in [0.05, 0.1) is 16.3 Å². The van der Waals surface area contributed by atoms with Crippen molar-refractivity contribution >= 4 is 22.0 Å². The van der Waals surface area contributed by atoms with Crippen LogP contribution in [0, 0.1) is 6.92 Å². The number of aryl methyl sites for hydroxylation is 2. The van der Waals surface area contributed by atoms with E-state index in [4.69, 9.17) is 0 Å². The number of benzene rings is 1. The average Bonchev–Trinajstić information content (AvgIpc) is 2.79. The van der Waals surface area contributed by atoms with Gasteiger partial charge in [0.2, 0.25) is 0 Å². The van der Waals surface area contributed by atoms with E-state index in [1.54, 1.807) is 18.3 Å². The standard InChI is InChI=1S/C23H31N5O4S/c1-3-20-21(25-15-16(2)26-20)22(29)24-14-13-17-9-11-19(12-10-17)33(31,32)28-23(30)27-18-7-5-4-6-8-18/h9-12,15,18H,3-8,13-14H2,1-2H3,(H,24,29)(H2,27,28,30). The summed E-state index contributed by atoms with van der Waals surface area (Å²) in [5.41, 5.74) is 2.59. The summed E-state index contributed by atoms with van der Waals surface area (Å²) < 4.78 is 27.1. The SMILES string of the molecule is CCc1nc(C)cnc1C(=O)NCCc1ccc(S(=O)(=O)NC(=O)NC2CCCCC2)cc1. The summed E-state index contributed by atoms with van der Waals surface area (Å²) in [4.78, 5) is 33.1. The first-order valence-corrected chi connectivity index (χ1v) is 12.8. The number of hydrogen-bond donors (Lipinski definition) is 3. The summed E-state index contributed by atoms with van der Waals surface area (Å²) in [5.74, 6) is -0.285. The number of nitrogens with zero attached hydrogens (tertiary/aromatic N) is 2. The average molecular weight is 474 g/mol. The van der Waals surface area contributed by atoms with Crippen molar-refractivity contribution in [2.75, 3.05) is 6.54 Å². The van der Waals surface area contributed by atoms with Crippen molar-refractivity contribution in [1.82, 2.24) is 25.3 Å². The van der Waals surface area contributed by atoms with Crippen molar-refractivity contribution in [1.29, 1.82) is 0 Å². The van der Waals surface area contributed by atoms with Gasteiger partial charge < -0.3 is 10.6 Å². The Hall–Kier alpha value is -3.01. The number of rotatable bonds is 8. The fraction of sp³-hybridized carbons (Fsp3) is 0.478. The Labute approximate surface area is 194 Å². The summed E-state index contributed by atoms with van der Waals surface area (Å²) in [6, 6.07) is 5.57. The molecule has 3 N–H and O–H groups in total. The molecule has 3 rings (SSSR count). The van der Waals surface area contributed by atoms with Crippen LogP contribution < -0.4 is 15.4 Å². The minimum atomic E-state index is -3.96. The zero-order valence-electron chi connectivity index (χ0n) is 19.1. The van der Waals surface area contributed by atoms with Crippen LogP contribution in [-0.4, -0.2) is 42.9 Å². The van der Waals surface area contributed by atoms with Crippen molar-refractivity contribution in [2.24, 2.45) is 0 Å². The summed E-state index contributed by atoms with van der Waals surface area (Å²) >= 11 is 0. The molecular formula is C23H31N5O4S. The molecule has 1 fully saturated rings. The minimum Gasteiger partial charge on any atom is -0.350 e. The molecule has 33 heavy (non-hydrogen) atoms. The van der Waals surface area contributed by atoms with Gasteiger partial charge in [0.25, 0.3) is 15.9 Å². The van der Waals surface area contributed by atoms with Crippen LogP contribution in [0.1, 0.15) is 66.5 Å². The molecule has 0 unspecified atom stereocenters. The lowest BCUT2D eigenvalue weighted by Crippen LogP contribution is -2.45. The molecule has 10 heteroatoms. The Morgan fingerprint density at radius 3 is 2.45 bits per heavy atom. The molecule has 1 aliphatic carbocycles. The number of nitrogens with one attached hydrogen (secondary N) is 3. The Morgan fingerprint density at radius 1 is 1.09 bits per heavy atom. The van der Waals surface area contributed by atoms with Gasteiger partial charge >= 0.3 is 6.03 Å². The highest BCUT2D eigenvalue weighted by atomic mass is 32.2. The first kappa shape index (κ1) is 24.6. The normalized spacial score (nSPS) is 14.5. The van der Waals surface area contributed by atoms with E-state index >= 15 is 0 Å². The van der Waals surface area contributed by atoms with Crippen LogP contribution in [-0.2, 0) is 22.9 Å². The summed E-state index contributed by atoms with van der Waals surface area (Å²) in [6.07, 6.45) is 7.66. The first-order chi connectivity index (χ1) is 15.8. The number of aromatic nitrogens is 2. The van der Waals surface area contributed by atoms with Gasteiger partial charge in [0.15, 0.2) is 0 Å². The van der Waals surface area contributed by atoms with E-state index in [1.807, 2.05) is 13.8 Å². The smallest absolute Gasteiger partial charge is 0.328 e. The quantitative estimate of drug-likeness (QED) is 0.540. The maximum Gasteiger partial charge on any atom is 0.328 e. The number of urea groups is 1. The van der Waals surface area contributed by atoms with Crippen LogP contribution in [0.25, 0.3) is 0 Å². The first-order valence-electron chi connectivity index (χ1n) is 11.3. The summed E-state index contributed by atoms with van der Waals surface area (Å²) in [7, 11) is -3.96. The van der Waals surface area contributed by atoms with Crippen LogP contribution in [0.2, 0.25) is 0 Å². The van der Waals surface area contributed by atoms with E-state index < -0.39 is 16.1 Å². The molecule has 0 atom stereocenters. The molecule has 0 spiro atoms. The maximum absolute atomic E-state index is 12.5. The third-order valence-corrected chi connectivity index (χ3v) is 6.96. The lowest BCUT2D eigenvalue weighted by molar-refractivity contribution is 0.0947. The third kappa shape index (κ3) is 6.98. The van der Waals surface area contributed by atoms with Gasteiger partial charge in [-0.3, -0.25) is 9.78 Å². The molecule has 1 heterocycles. The van der Waals surface area contributed by atoms with E-state index in [2.05, 4.69) is 25.3 Å². The van der Waals surface area contributed by atoms with Gasteiger partial charge in [-0.05, 0) is 50.3 Å². The van der Waals surface area contributed by atoms with Crippen LogP contribution in [0.15, 0.2) is 35.4 Å². The van der Waals surface area contributed by atoms with Gasteiger partial charge in [-0.1, -0.05) is 38.3 Å². The monoisotopic (exact) mass is 473 g/mol. The van der Waals surface area contributed by atoms with Crippen LogP contribution >= 0.6 is 0 Å². The third-order valence-electron chi connectivity index (χ3n) is 5.62. The second-order valence-electron chi connectivity index (χ2n) is 8.22. The number of carbonyl (C=O) groups is 2. The summed E-state index contributed by atoms with van der Waals surface area (Å²) in [5, 5.41) is 5.57. The maximum atomic E-state index is 12.5. The molecule has 1 aliphatic rings. The molecule has 1 saturated carbocycles. The molecule has 0 aliphatic heterocycles. The molecule has 1 aromatic carbocycles. The van der Waals surface area contributed by atoms with Gasteiger partial charge in [-0.25, -0.2) is 22.9 Å². The zero-order valence-corrected chi connectivity index (χ0v) is 19.9. The molecular weight excluding hydrogens is 442 g/mol. The predicted molar refractivity (Wildman–Crippen MR) is 124 cm³/mol. The Kier molecular flexibility index (Phi) is 8.37. The number of amides is 3. The predicted octanol–water partition coefficient (Wildman–Crippen LogP) is 2.64. The number of hydrogen-bond acceptors (Lipinski definition) is 6. The second kappa shape index (κ2) is 11.2. The molecule has 0 bridgehead atoms. The van der Waals surface area contributed by atoms with Gasteiger partial charge in [0.1, 0.15) is 5.69 Å². The topological polar surface area (TPSA) is 130 Å². The van der Waals surface area contributed by atoms with Crippen LogP contribution in [0.5, 0.6) is 0 Å². The number of sulfonamides is 1. The highest BCUT2D eigenvalue weighted by Crippen LogP contribution is 2.17. The Balaban J connectivity index is 1.51. The number of carbonyl (C=O) groups excluding carboxylic acids is 2. The molecule has 0 saturated heterocycles. The molecule has 3 amide bonds. The van der Waals surface area contributed by atoms with E-state index in [9.17, 15) is 18.0 Å².